The standard InChI is InChI=1S/C16H23NO/c18-11-3-10-17(12-13-6-7-13)16-9-8-14-4-1-2-5-15(14)16/h1-2,4-5,13,16,18H,3,6-12H2. The predicted octanol–water partition coefficient (Wildman–Crippen LogP) is 2.77. The number of aryl methyl sites for hydroxylation is 1. The quantitative estimate of drug-likeness (QED) is 0.833. The molecule has 0 heterocycles. The SMILES string of the molecule is OCCCN(CC1CC1)C1CCc2ccccc21. The molecule has 1 unspecified atom stereocenters. The van der Waals surface area contributed by atoms with Gasteiger partial charge in [-0.1, -0.05) is 24.3 Å². The van der Waals surface area contributed by atoms with E-state index >= 15 is 0 Å². The van der Waals surface area contributed by atoms with E-state index < -0.39 is 0 Å². The first-order valence-corrected chi connectivity index (χ1v) is 7.31. The van der Waals surface area contributed by atoms with Crippen molar-refractivity contribution >= 4 is 0 Å². The van der Waals surface area contributed by atoms with Gasteiger partial charge in [-0.25, -0.2) is 0 Å². The van der Waals surface area contributed by atoms with E-state index in [4.69, 9.17) is 5.11 Å². The minimum atomic E-state index is 0.315. The molecule has 2 aliphatic carbocycles. The van der Waals surface area contributed by atoms with Crippen LogP contribution in [-0.2, 0) is 6.42 Å². The van der Waals surface area contributed by atoms with Crippen LogP contribution in [0.1, 0.15) is 42.9 Å². The highest BCUT2D eigenvalue weighted by molar-refractivity contribution is 5.34. The van der Waals surface area contributed by atoms with Gasteiger partial charge in [0.25, 0.3) is 0 Å². The molecule has 18 heavy (non-hydrogen) atoms. The van der Waals surface area contributed by atoms with E-state index in [9.17, 15) is 0 Å². The van der Waals surface area contributed by atoms with Crippen LogP contribution < -0.4 is 0 Å². The van der Waals surface area contributed by atoms with Gasteiger partial charge in [0.2, 0.25) is 0 Å². The van der Waals surface area contributed by atoms with Gasteiger partial charge in [0, 0.05) is 25.7 Å². The second kappa shape index (κ2) is 5.41. The Morgan fingerprint density at radius 2 is 2.00 bits per heavy atom. The van der Waals surface area contributed by atoms with Gasteiger partial charge in [-0.05, 0) is 49.1 Å². The fraction of sp³-hybridized carbons (Fsp3) is 0.625. The second-order valence-corrected chi connectivity index (χ2v) is 5.77. The molecule has 0 radical (unpaired) electrons. The Hall–Kier alpha value is -0.860. The van der Waals surface area contributed by atoms with Crippen LogP contribution in [0.25, 0.3) is 0 Å². The maximum absolute atomic E-state index is 9.08. The third kappa shape index (κ3) is 2.60. The molecule has 1 aromatic rings. The molecule has 0 bridgehead atoms. The monoisotopic (exact) mass is 245 g/mol. The van der Waals surface area contributed by atoms with E-state index in [1.807, 2.05) is 0 Å². The van der Waals surface area contributed by atoms with Crippen LogP contribution in [0, 0.1) is 5.92 Å². The lowest BCUT2D eigenvalue weighted by Crippen LogP contribution is -2.31. The summed E-state index contributed by atoms with van der Waals surface area (Å²) in [6, 6.07) is 9.50. The van der Waals surface area contributed by atoms with Crippen molar-refractivity contribution in [3.05, 3.63) is 35.4 Å². The van der Waals surface area contributed by atoms with Crippen molar-refractivity contribution < 1.29 is 5.11 Å². The van der Waals surface area contributed by atoms with Crippen molar-refractivity contribution in [2.24, 2.45) is 5.92 Å². The Balaban J connectivity index is 1.73. The lowest BCUT2D eigenvalue weighted by Gasteiger charge is -2.29. The molecule has 1 aromatic carbocycles. The molecule has 2 aliphatic rings. The lowest BCUT2D eigenvalue weighted by molar-refractivity contribution is 0.167. The largest absolute Gasteiger partial charge is 0.396 e. The number of rotatable bonds is 6. The summed E-state index contributed by atoms with van der Waals surface area (Å²) in [4.78, 5) is 2.62. The first-order valence-electron chi connectivity index (χ1n) is 7.31. The van der Waals surface area contributed by atoms with E-state index in [0.29, 0.717) is 12.6 Å². The molecule has 98 valence electrons. The van der Waals surface area contributed by atoms with Crippen LogP contribution in [-0.4, -0.2) is 29.7 Å². The number of nitrogens with zero attached hydrogens (tertiary/aromatic N) is 1. The molecule has 2 nitrogen and oxygen atoms in total. The summed E-state index contributed by atoms with van der Waals surface area (Å²) < 4.78 is 0. The number of fused-ring (bicyclic) bond motifs is 1. The third-order valence-electron chi connectivity index (χ3n) is 4.34. The van der Waals surface area contributed by atoms with Gasteiger partial charge in [-0.15, -0.1) is 0 Å². The molecule has 1 fully saturated rings. The topological polar surface area (TPSA) is 23.5 Å². The normalized spacial score (nSPS) is 22.4. The minimum Gasteiger partial charge on any atom is -0.396 e. The van der Waals surface area contributed by atoms with Crippen molar-refractivity contribution in [1.82, 2.24) is 4.90 Å². The second-order valence-electron chi connectivity index (χ2n) is 5.77. The third-order valence-corrected chi connectivity index (χ3v) is 4.34. The summed E-state index contributed by atoms with van der Waals surface area (Å²) in [6.45, 7) is 2.60. The molecule has 2 heteroatoms. The summed E-state index contributed by atoms with van der Waals surface area (Å²) in [5, 5.41) is 9.08. The van der Waals surface area contributed by atoms with E-state index in [-0.39, 0.29) is 0 Å². The number of hydrogen-bond donors (Lipinski definition) is 1. The van der Waals surface area contributed by atoms with Gasteiger partial charge in [-0.3, -0.25) is 4.90 Å². The molecular weight excluding hydrogens is 222 g/mol. The van der Waals surface area contributed by atoms with Gasteiger partial charge in [-0.2, -0.15) is 0 Å². The summed E-state index contributed by atoms with van der Waals surface area (Å²) >= 11 is 0. The Morgan fingerprint density at radius 3 is 2.78 bits per heavy atom. The van der Waals surface area contributed by atoms with Crippen LogP contribution >= 0.6 is 0 Å². The zero-order valence-corrected chi connectivity index (χ0v) is 11.0. The first kappa shape index (κ1) is 12.2. The maximum atomic E-state index is 9.08. The van der Waals surface area contributed by atoms with Gasteiger partial charge >= 0.3 is 0 Å². The highest BCUT2D eigenvalue weighted by Crippen LogP contribution is 2.39. The van der Waals surface area contributed by atoms with E-state index in [1.54, 1.807) is 0 Å². The van der Waals surface area contributed by atoms with Gasteiger partial charge in [0.1, 0.15) is 0 Å². The van der Waals surface area contributed by atoms with Gasteiger partial charge < -0.3 is 5.11 Å². The maximum Gasteiger partial charge on any atom is 0.0443 e. The minimum absolute atomic E-state index is 0.315. The number of aliphatic hydroxyl groups excluding tert-OH is 1. The Morgan fingerprint density at radius 1 is 1.17 bits per heavy atom. The van der Waals surface area contributed by atoms with E-state index in [1.165, 1.54) is 43.4 Å². The molecule has 1 N–H and O–H groups in total. The van der Waals surface area contributed by atoms with Gasteiger partial charge in [0.15, 0.2) is 0 Å². The number of benzene rings is 1. The van der Waals surface area contributed by atoms with E-state index in [0.717, 1.165) is 18.9 Å². The highest BCUT2D eigenvalue weighted by atomic mass is 16.3. The van der Waals surface area contributed by atoms with Crippen LogP contribution in [0.2, 0.25) is 0 Å². The van der Waals surface area contributed by atoms with Crippen LogP contribution in [0.5, 0.6) is 0 Å². The zero-order valence-electron chi connectivity index (χ0n) is 11.0. The number of hydrogen-bond acceptors (Lipinski definition) is 2. The highest BCUT2D eigenvalue weighted by Gasteiger charge is 2.31. The van der Waals surface area contributed by atoms with E-state index in [2.05, 4.69) is 29.2 Å². The van der Waals surface area contributed by atoms with Gasteiger partial charge in [0.05, 0.1) is 0 Å². The molecular formula is C16H23NO. The molecule has 3 rings (SSSR count). The average Bonchev–Trinajstić information content (AvgIpc) is 3.12. The molecule has 0 saturated heterocycles. The lowest BCUT2D eigenvalue weighted by atomic mass is 10.1. The Kier molecular flexibility index (Phi) is 3.67. The van der Waals surface area contributed by atoms with Crippen molar-refractivity contribution in [2.45, 2.75) is 38.1 Å². The average molecular weight is 245 g/mol. The van der Waals surface area contributed by atoms with Crippen LogP contribution in [0.4, 0.5) is 0 Å². The molecule has 0 aromatic heterocycles. The molecule has 0 amide bonds. The summed E-state index contributed by atoms with van der Waals surface area (Å²) in [5.41, 5.74) is 3.07. The first-order chi connectivity index (χ1) is 8.88. The molecule has 1 saturated carbocycles. The van der Waals surface area contributed by atoms with Crippen LogP contribution in [0.3, 0.4) is 0 Å². The molecule has 0 spiro atoms. The summed E-state index contributed by atoms with van der Waals surface area (Å²) in [5.74, 6) is 0.927. The zero-order chi connectivity index (χ0) is 12.4. The predicted molar refractivity (Wildman–Crippen MR) is 73.5 cm³/mol. The van der Waals surface area contributed by atoms with Crippen LogP contribution in [0.15, 0.2) is 24.3 Å². The molecule has 1 atom stereocenters. The van der Waals surface area contributed by atoms with Crippen molar-refractivity contribution in [1.29, 1.82) is 0 Å². The summed E-state index contributed by atoms with van der Waals surface area (Å²) in [7, 11) is 0. The fourth-order valence-corrected chi connectivity index (χ4v) is 3.19. The smallest absolute Gasteiger partial charge is 0.0443 e. The number of aliphatic hydroxyl groups is 1. The summed E-state index contributed by atoms with van der Waals surface area (Å²) in [6.07, 6.45) is 6.21. The Bertz CT molecular complexity index is 400. The Labute approximate surface area is 110 Å². The van der Waals surface area contributed by atoms with Crippen molar-refractivity contribution in [2.75, 3.05) is 19.7 Å². The van der Waals surface area contributed by atoms with Crippen molar-refractivity contribution in [3.63, 3.8) is 0 Å². The van der Waals surface area contributed by atoms with Crippen molar-refractivity contribution in [3.8, 4) is 0 Å². The molecule has 0 aliphatic heterocycles. The fourth-order valence-electron chi connectivity index (χ4n) is 3.19.